The predicted octanol–water partition coefficient (Wildman–Crippen LogP) is -0.587. The minimum absolute atomic E-state index is 0.0888. The van der Waals surface area contributed by atoms with Crippen LogP contribution >= 0.6 is 11.3 Å². The fraction of sp³-hybridized carbons (Fsp3) is 0.308. The molecule has 2 aromatic rings. The zero-order valence-corrected chi connectivity index (χ0v) is 14.6. The average Bonchev–Trinajstić information content (AvgIpc) is 3.28. The normalized spacial score (nSPS) is 20.3. The summed E-state index contributed by atoms with van der Waals surface area (Å²) in [5.41, 5.74) is 5.77. The molecule has 4 N–H and O–H groups in total. The van der Waals surface area contributed by atoms with E-state index in [-0.39, 0.29) is 34.4 Å². The molecule has 1 aliphatic heterocycles. The van der Waals surface area contributed by atoms with E-state index >= 15 is 0 Å². The van der Waals surface area contributed by atoms with Crippen LogP contribution in [0.25, 0.3) is 0 Å². The minimum atomic E-state index is -0.760. The van der Waals surface area contributed by atoms with Crippen LogP contribution in [0.3, 0.4) is 0 Å². The fourth-order valence-corrected chi connectivity index (χ4v) is 2.85. The topological polar surface area (TPSA) is 164 Å². The number of carbonyl (C=O) groups is 2. The molecule has 2 atom stereocenters. The number of hydrogen-bond acceptors (Lipinski definition) is 10. The monoisotopic (exact) mass is 377 g/mol. The predicted molar refractivity (Wildman–Crippen MR) is 92.0 cm³/mol. The lowest BCUT2D eigenvalue weighted by molar-refractivity contribution is -0.130. The molecule has 1 saturated heterocycles. The molecule has 0 spiro atoms. The number of allylic oxidation sites excluding steroid dienone is 1. The van der Waals surface area contributed by atoms with E-state index in [0.717, 1.165) is 11.3 Å². The lowest BCUT2D eigenvalue weighted by Gasteiger charge is -2.42. The summed E-state index contributed by atoms with van der Waals surface area (Å²) in [6.07, 6.45) is 2.91. The molecule has 12 nitrogen and oxygen atoms in total. The molecule has 2 aromatic heterocycles. The summed E-state index contributed by atoms with van der Waals surface area (Å²) in [7, 11) is 0. The van der Waals surface area contributed by atoms with Gasteiger partial charge in [0.05, 0.1) is 6.04 Å². The number of nitrogens with one attached hydrogen (secondary N) is 2. The Kier molecular flexibility index (Phi) is 4.88. The number of nitrogens with two attached hydrogens (primary N) is 1. The van der Waals surface area contributed by atoms with E-state index in [1.54, 1.807) is 25.3 Å². The molecule has 2 unspecified atom stereocenters. The first kappa shape index (κ1) is 17.5. The van der Waals surface area contributed by atoms with Crippen molar-refractivity contribution in [3.8, 4) is 0 Å². The van der Waals surface area contributed by atoms with Crippen LogP contribution in [-0.2, 0) is 14.4 Å². The highest BCUT2D eigenvalue weighted by Gasteiger charge is 2.48. The standard InChI is InChI=1S/C13H15N9O3S/c1-3-4-25-19-9(7-5-26-12(14)15-7)10(23)16-8-6(2)22(11(8)24)13-17-20-21-18-13/h3-6,8H,1-2H3,(H2,14,15)(H,16,23)(H,17,18,20,21). The maximum Gasteiger partial charge on any atom is 0.276 e. The summed E-state index contributed by atoms with van der Waals surface area (Å²) in [6.45, 7) is 3.48. The van der Waals surface area contributed by atoms with Crippen molar-refractivity contribution in [1.29, 1.82) is 0 Å². The zero-order chi connectivity index (χ0) is 18.7. The van der Waals surface area contributed by atoms with Gasteiger partial charge in [-0.2, -0.15) is 5.21 Å². The van der Waals surface area contributed by atoms with Gasteiger partial charge >= 0.3 is 0 Å². The Balaban J connectivity index is 1.74. The molecule has 0 aliphatic carbocycles. The van der Waals surface area contributed by atoms with Gasteiger partial charge < -0.3 is 15.9 Å². The van der Waals surface area contributed by atoms with Gasteiger partial charge in [0.1, 0.15) is 18.0 Å². The fourth-order valence-electron chi connectivity index (χ4n) is 2.30. The van der Waals surface area contributed by atoms with Crippen molar-refractivity contribution >= 4 is 39.9 Å². The Morgan fingerprint density at radius 2 is 2.38 bits per heavy atom. The first-order valence-electron chi connectivity index (χ1n) is 7.46. The summed E-state index contributed by atoms with van der Waals surface area (Å²) in [5, 5.41) is 21.4. The van der Waals surface area contributed by atoms with E-state index in [4.69, 9.17) is 10.6 Å². The number of amides is 2. The molecule has 136 valence electrons. The largest absolute Gasteiger partial charge is 0.375 e. The lowest BCUT2D eigenvalue weighted by atomic mass is 9.97. The number of thiazole rings is 1. The van der Waals surface area contributed by atoms with E-state index < -0.39 is 11.9 Å². The number of β-lactam (4-membered cyclic amide) rings is 1. The van der Waals surface area contributed by atoms with Crippen LogP contribution in [0.15, 0.2) is 22.9 Å². The van der Waals surface area contributed by atoms with E-state index in [1.807, 2.05) is 0 Å². The second-order valence-corrected chi connectivity index (χ2v) is 6.09. The molecular weight excluding hydrogens is 362 g/mol. The summed E-state index contributed by atoms with van der Waals surface area (Å²) in [6, 6.07) is -1.12. The van der Waals surface area contributed by atoms with E-state index in [1.165, 1.54) is 11.2 Å². The Hall–Kier alpha value is -3.35. The number of aromatic nitrogens is 5. The summed E-state index contributed by atoms with van der Waals surface area (Å²) in [4.78, 5) is 35.2. The van der Waals surface area contributed by atoms with Gasteiger partial charge in [0, 0.05) is 5.38 Å². The molecule has 3 heterocycles. The molecule has 2 amide bonds. The van der Waals surface area contributed by atoms with Gasteiger partial charge in [-0.15, -0.1) is 16.4 Å². The Morgan fingerprint density at radius 1 is 1.58 bits per heavy atom. The van der Waals surface area contributed by atoms with E-state index in [0.29, 0.717) is 0 Å². The van der Waals surface area contributed by atoms with Crippen molar-refractivity contribution in [3.63, 3.8) is 0 Å². The third-order valence-corrected chi connectivity index (χ3v) is 4.22. The van der Waals surface area contributed by atoms with Crippen LogP contribution in [0.5, 0.6) is 0 Å². The van der Waals surface area contributed by atoms with Crippen molar-refractivity contribution in [2.24, 2.45) is 5.16 Å². The van der Waals surface area contributed by atoms with Crippen LogP contribution < -0.4 is 16.0 Å². The molecule has 13 heteroatoms. The van der Waals surface area contributed by atoms with Gasteiger partial charge in [0.25, 0.3) is 17.8 Å². The molecule has 26 heavy (non-hydrogen) atoms. The number of anilines is 2. The smallest absolute Gasteiger partial charge is 0.276 e. The van der Waals surface area contributed by atoms with Gasteiger partial charge in [0.2, 0.25) is 0 Å². The van der Waals surface area contributed by atoms with Gasteiger partial charge in [-0.3, -0.25) is 14.5 Å². The van der Waals surface area contributed by atoms with Gasteiger partial charge in [0.15, 0.2) is 10.8 Å². The van der Waals surface area contributed by atoms with Crippen LogP contribution in [0.1, 0.15) is 19.5 Å². The highest BCUT2D eigenvalue weighted by Crippen LogP contribution is 2.24. The van der Waals surface area contributed by atoms with Gasteiger partial charge in [-0.05, 0) is 25.1 Å². The molecular formula is C13H15N9O3S. The van der Waals surface area contributed by atoms with E-state index in [2.05, 4.69) is 36.1 Å². The van der Waals surface area contributed by atoms with Crippen molar-refractivity contribution in [3.05, 3.63) is 23.4 Å². The van der Waals surface area contributed by atoms with Crippen molar-refractivity contribution in [2.45, 2.75) is 25.9 Å². The Labute approximate surface area is 151 Å². The van der Waals surface area contributed by atoms with Crippen molar-refractivity contribution in [1.82, 2.24) is 30.9 Å². The molecule has 0 saturated carbocycles. The SMILES string of the molecule is CC=CON=C(C(=O)NC1C(=O)N(c2nn[nH]n2)C1C)c1csc(N)n1. The summed E-state index contributed by atoms with van der Waals surface area (Å²) in [5.74, 6) is -0.831. The van der Waals surface area contributed by atoms with Crippen LogP contribution in [0, 0.1) is 0 Å². The summed E-state index contributed by atoms with van der Waals surface area (Å²) < 4.78 is 0. The minimum Gasteiger partial charge on any atom is -0.375 e. The third-order valence-electron chi connectivity index (χ3n) is 3.55. The van der Waals surface area contributed by atoms with Gasteiger partial charge in [-0.25, -0.2) is 4.98 Å². The maximum absolute atomic E-state index is 12.6. The van der Waals surface area contributed by atoms with E-state index in [9.17, 15) is 9.59 Å². The zero-order valence-electron chi connectivity index (χ0n) is 13.8. The molecule has 0 aromatic carbocycles. The molecule has 0 bridgehead atoms. The maximum atomic E-state index is 12.6. The highest BCUT2D eigenvalue weighted by molar-refractivity contribution is 7.13. The molecule has 0 radical (unpaired) electrons. The number of tetrazole rings is 1. The first-order valence-corrected chi connectivity index (χ1v) is 8.34. The van der Waals surface area contributed by atoms with Crippen molar-refractivity contribution in [2.75, 3.05) is 10.6 Å². The Bertz CT molecular complexity index is 860. The quantitative estimate of drug-likeness (QED) is 0.260. The van der Waals surface area contributed by atoms with Crippen LogP contribution in [-0.4, -0.2) is 55.2 Å². The highest BCUT2D eigenvalue weighted by atomic mass is 32.1. The number of aromatic amines is 1. The number of rotatable bonds is 6. The van der Waals surface area contributed by atoms with Crippen LogP contribution in [0.4, 0.5) is 11.1 Å². The first-order chi connectivity index (χ1) is 12.5. The number of nitrogens with zero attached hydrogens (tertiary/aromatic N) is 6. The molecule has 1 fully saturated rings. The molecule has 3 rings (SSSR count). The number of hydrogen-bond donors (Lipinski definition) is 3. The lowest BCUT2D eigenvalue weighted by Crippen LogP contribution is -2.70. The summed E-state index contributed by atoms with van der Waals surface area (Å²) >= 11 is 1.16. The third kappa shape index (κ3) is 3.23. The second kappa shape index (κ2) is 7.26. The second-order valence-electron chi connectivity index (χ2n) is 5.20. The Morgan fingerprint density at radius 3 is 2.96 bits per heavy atom. The van der Waals surface area contributed by atoms with Crippen molar-refractivity contribution < 1.29 is 14.4 Å². The number of oxime groups is 1. The van der Waals surface area contributed by atoms with Crippen LogP contribution in [0.2, 0.25) is 0 Å². The van der Waals surface area contributed by atoms with Gasteiger partial charge in [-0.1, -0.05) is 10.3 Å². The number of nitrogen functional groups attached to an aromatic ring is 1. The number of H-pyrrole nitrogens is 1. The average molecular weight is 377 g/mol. The number of carbonyl (C=O) groups excluding carboxylic acids is 2. The molecule has 1 aliphatic rings.